The van der Waals surface area contributed by atoms with Crippen molar-refractivity contribution in [2.75, 3.05) is 13.2 Å². The van der Waals surface area contributed by atoms with Crippen LogP contribution in [-0.2, 0) is 16.0 Å². The Labute approximate surface area is 176 Å². The molecule has 3 atom stereocenters. The molecule has 0 aliphatic carbocycles. The van der Waals surface area contributed by atoms with E-state index in [1.807, 2.05) is 36.5 Å². The highest BCUT2D eigenvalue weighted by Gasteiger charge is 2.18. The molecule has 0 saturated carbocycles. The van der Waals surface area contributed by atoms with E-state index in [0.29, 0.717) is 18.9 Å². The molecule has 7 heteroatoms. The number of nitrogens with zero attached hydrogens (tertiary/aromatic N) is 1. The van der Waals surface area contributed by atoms with Gasteiger partial charge in [-0.2, -0.15) is 0 Å². The van der Waals surface area contributed by atoms with Crippen LogP contribution in [0.4, 0.5) is 0 Å². The second kappa shape index (κ2) is 10.2. The number of carbonyl (C=O) groups is 1. The third kappa shape index (κ3) is 5.37. The Kier molecular flexibility index (Phi) is 7.43. The van der Waals surface area contributed by atoms with Gasteiger partial charge in [0.05, 0.1) is 18.2 Å². The minimum Gasteiger partial charge on any atom is -0.477 e. The van der Waals surface area contributed by atoms with Crippen LogP contribution in [0.1, 0.15) is 38.0 Å². The molecule has 160 valence electrons. The molecule has 2 aromatic heterocycles. The smallest absolute Gasteiger partial charge is 0.347 e. The fourth-order valence-electron chi connectivity index (χ4n) is 3.36. The first-order valence-corrected chi connectivity index (χ1v) is 10.2. The summed E-state index contributed by atoms with van der Waals surface area (Å²) in [7, 11) is 0. The average Bonchev–Trinajstić information content (AvgIpc) is 3.16. The van der Waals surface area contributed by atoms with Gasteiger partial charge in [0.15, 0.2) is 6.10 Å². The molecule has 0 saturated heterocycles. The summed E-state index contributed by atoms with van der Waals surface area (Å²) in [6.45, 7) is 6.30. The van der Waals surface area contributed by atoms with Gasteiger partial charge in [-0.1, -0.05) is 18.2 Å². The van der Waals surface area contributed by atoms with E-state index >= 15 is 0 Å². The number of ether oxygens (including phenoxy) is 2. The van der Waals surface area contributed by atoms with Gasteiger partial charge >= 0.3 is 5.97 Å². The summed E-state index contributed by atoms with van der Waals surface area (Å²) in [5, 5.41) is 14.7. The molecule has 0 aliphatic rings. The van der Waals surface area contributed by atoms with Gasteiger partial charge in [-0.25, -0.2) is 4.79 Å². The van der Waals surface area contributed by atoms with Crippen molar-refractivity contribution in [1.29, 1.82) is 0 Å². The van der Waals surface area contributed by atoms with Crippen LogP contribution in [0.25, 0.3) is 10.9 Å². The number of aliphatic hydroxyl groups excluding tert-OH is 1. The number of aliphatic hydroxyl groups is 1. The van der Waals surface area contributed by atoms with Gasteiger partial charge in [0.25, 0.3) is 0 Å². The van der Waals surface area contributed by atoms with Crippen LogP contribution in [0, 0.1) is 0 Å². The number of aromatic nitrogens is 2. The van der Waals surface area contributed by atoms with Gasteiger partial charge in [0, 0.05) is 42.1 Å². The van der Waals surface area contributed by atoms with Gasteiger partial charge in [-0.05, 0) is 44.9 Å². The predicted octanol–water partition coefficient (Wildman–Crippen LogP) is 3.15. The first kappa shape index (κ1) is 21.8. The molecule has 30 heavy (non-hydrogen) atoms. The van der Waals surface area contributed by atoms with Crippen molar-refractivity contribution in [3.63, 3.8) is 0 Å². The lowest BCUT2D eigenvalue weighted by Gasteiger charge is -2.17. The predicted molar refractivity (Wildman–Crippen MR) is 115 cm³/mol. The van der Waals surface area contributed by atoms with Crippen molar-refractivity contribution in [2.45, 2.75) is 45.4 Å². The zero-order valence-electron chi connectivity index (χ0n) is 17.6. The molecule has 1 aromatic carbocycles. The van der Waals surface area contributed by atoms with E-state index in [1.54, 1.807) is 26.2 Å². The number of aromatic amines is 1. The molecule has 0 radical (unpaired) electrons. The van der Waals surface area contributed by atoms with Crippen molar-refractivity contribution in [3.8, 4) is 5.75 Å². The maximum atomic E-state index is 11.9. The van der Waals surface area contributed by atoms with Crippen LogP contribution >= 0.6 is 0 Å². The second-order valence-electron chi connectivity index (χ2n) is 7.32. The highest BCUT2D eigenvalue weighted by atomic mass is 16.6. The highest BCUT2D eigenvalue weighted by Crippen LogP contribution is 2.29. The SMILES string of the molecule is CCOC(=O)[C@H](C)Oc1cccc2c(C[C@@H](C)NC[C@H](O)c3cccnc3)c[nH]c12. The number of para-hydroxylation sites is 1. The number of H-pyrrole nitrogens is 1. The molecule has 3 aromatic rings. The number of carbonyl (C=O) groups excluding carboxylic acids is 1. The molecule has 0 aliphatic heterocycles. The molecule has 2 heterocycles. The maximum absolute atomic E-state index is 11.9. The quantitative estimate of drug-likeness (QED) is 0.444. The zero-order chi connectivity index (χ0) is 21.5. The number of fused-ring (bicyclic) bond motifs is 1. The summed E-state index contributed by atoms with van der Waals surface area (Å²) < 4.78 is 10.8. The maximum Gasteiger partial charge on any atom is 0.347 e. The van der Waals surface area contributed by atoms with Gasteiger partial charge in [-0.15, -0.1) is 0 Å². The summed E-state index contributed by atoms with van der Waals surface area (Å²) in [5.41, 5.74) is 2.78. The fraction of sp³-hybridized carbons (Fsp3) is 0.391. The lowest BCUT2D eigenvalue weighted by Crippen LogP contribution is -2.32. The summed E-state index contributed by atoms with van der Waals surface area (Å²) in [5.74, 6) is 0.234. The number of esters is 1. The Morgan fingerprint density at radius 1 is 1.27 bits per heavy atom. The highest BCUT2D eigenvalue weighted by molar-refractivity contribution is 5.88. The summed E-state index contributed by atoms with van der Waals surface area (Å²) >= 11 is 0. The molecule has 0 bridgehead atoms. The van der Waals surface area contributed by atoms with Crippen LogP contribution < -0.4 is 10.1 Å². The average molecular weight is 412 g/mol. The van der Waals surface area contributed by atoms with Crippen LogP contribution in [-0.4, -0.2) is 46.3 Å². The van der Waals surface area contributed by atoms with E-state index in [1.165, 1.54) is 0 Å². The van der Waals surface area contributed by atoms with Crippen molar-refractivity contribution in [1.82, 2.24) is 15.3 Å². The standard InChI is InChI=1S/C23H29N3O4/c1-4-29-23(28)16(3)30-21-9-5-8-19-18(13-26-22(19)21)11-15(2)25-14-20(27)17-7-6-10-24-12-17/h5-10,12-13,15-16,20,25-27H,4,11,14H2,1-3H3/t15-,16+,20+/m1/s1. The van der Waals surface area contributed by atoms with E-state index < -0.39 is 12.2 Å². The van der Waals surface area contributed by atoms with E-state index in [-0.39, 0.29) is 12.0 Å². The molecular weight excluding hydrogens is 382 g/mol. The second-order valence-corrected chi connectivity index (χ2v) is 7.32. The minimum absolute atomic E-state index is 0.151. The monoisotopic (exact) mass is 411 g/mol. The van der Waals surface area contributed by atoms with Crippen LogP contribution in [0.2, 0.25) is 0 Å². The minimum atomic E-state index is -0.683. The van der Waals surface area contributed by atoms with Gasteiger partial charge < -0.3 is 24.9 Å². The number of hydrogen-bond acceptors (Lipinski definition) is 6. The van der Waals surface area contributed by atoms with Crippen molar-refractivity contribution in [2.24, 2.45) is 0 Å². The molecule has 3 rings (SSSR count). The zero-order valence-corrected chi connectivity index (χ0v) is 17.6. The molecule has 7 nitrogen and oxygen atoms in total. The third-order valence-corrected chi connectivity index (χ3v) is 4.94. The fourth-order valence-corrected chi connectivity index (χ4v) is 3.36. The molecule has 0 amide bonds. The Morgan fingerprint density at radius 3 is 2.83 bits per heavy atom. The lowest BCUT2D eigenvalue weighted by atomic mass is 10.1. The van der Waals surface area contributed by atoms with Gasteiger partial charge in [0.1, 0.15) is 5.75 Å². The van der Waals surface area contributed by atoms with Crippen LogP contribution in [0.15, 0.2) is 48.9 Å². The summed E-state index contributed by atoms with van der Waals surface area (Å²) in [4.78, 5) is 19.2. The van der Waals surface area contributed by atoms with E-state index in [2.05, 4.69) is 22.2 Å². The van der Waals surface area contributed by atoms with Crippen molar-refractivity contribution >= 4 is 16.9 Å². The van der Waals surface area contributed by atoms with Crippen LogP contribution in [0.3, 0.4) is 0 Å². The lowest BCUT2D eigenvalue weighted by molar-refractivity contribution is -0.150. The molecule has 0 unspecified atom stereocenters. The Hall–Kier alpha value is -2.90. The number of pyridine rings is 1. The van der Waals surface area contributed by atoms with Crippen molar-refractivity contribution in [3.05, 3.63) is 60.0 Å². The van der Waals surface area contributed by atoms with E-state index in [0.717, 1.165) is 28.5 Å². The first-order valence-electron chi connectivity index (χ1n) is 10.2. The number of hydrogen-bond donors (Lipinski definition) is 3. The van der Waals surface area contributed by atoms with Crippen molar-refractivity contribution < 1.29 is 19.4 Å². The Balaban J connectivity index is 1.63. The first-order chi connectivity index (χ1) is 14.5. The third-order valence-electron chi connectivity index (χ3n) is 4.94. The number of benzene rings is 1. The summed E-state index contributed by atoms with van der Waals surface area (Å²) in [6.07, 6.45) is 4.81. The topological polar surface area (TPSA) is 96.5 Å². The van der Waals surface area contributed by atoms with Gasteiger partial charge in [-0.3, -0.25) is 4.98 Å². The normalized spacial score (nSPS) is 14.3. The molecule has 0 fully saturated rings. The molecule has 3 N–H and O–H groups in total. The molecular formula is C23H29N3O4. The molecule has 0 spiro atoms. The Morgan fingerprint density at radius 2 is 2.10 bits per heavy atom. The number of nitrogens with one attached hydrogen (secondary N) is 2. The Bertz CT molecular complexity index is 957. The van der Waals surface area contributed by atoms with E-state index in [9.17, 15) is 9.90 Å². The van der Waals surface area contributed by atoms with Crippen LogP contribution in [0.5, 0.6) is 5.75 Å². The largest absolute Gasteiger partial charge is 0.477 e. The number of rotatable bonds is 10. The van der Waals surface area contributed by atoms with E-state index in [4.69, 9.17) is 9.47 Å². The van der Waals surface area contributed by atoms with Gasteiger partial charge in [0.2, 0.25) is 0 Å². The summed E-state index contributed by atoms with van der Waals surface area (Å²) in [6, 6.07) is 9.61.